The molecule has 0 aliphatic heterocycles. The summed E-state index contributed by atoms with van der Waals surface area (Å²) in [5.41, 5.74) is 7.54. The number of methoxy groups -OCH3 is 1. The monoisotopic (exact) mass is 371 g/mol. The van der Waals surface area contributed by atoms with Crippen LogP contribution in [0.3, 0.4) is 0 Å². The minimum absolute atomic E-state index is 0.0281. The van der Waals surface area contributed by atoms with E-state index in [9.17, 15) is 9.59 Å². The first-order valence-corrected chi connectivity index (χ1v) is 8.66. The van der Waals surface area contributed by atoms with Gasteiger partial charge in [-0.1, -0.05) is 18.2 Å². The highest BCUT2D eigenvalue weighted by atomic mass is 16.5. The number of nitrogens with two attached hydrogens (primary N) is 1. The van der Waals surface area contributed by atoms with E-state index in [1.165, 1.54) is 14.0 Å². The summed E-state index contributed by atoms with van der Waals surface area (Å²) < 4.78 is 10.8. The Labute approximate surface area is 158 Å². The number of hydrogen-bond acceptors (Lipinski definition) is 5. The summed E-state index contributed by atoms with van der Waals surface area (Å²) in [6.07, 6.45) is 0.0281. The molecule has 0 fully saturated rings. The van der Waals surface area contributed by atoms with Crippen LogP contribution in [0.15, 0.2) is 42.5 Å². The predicted molar refractivity (Wildman–Crippen MR) is 105 cm³/mol. The Kier molecular flexibility index (Phi) is 7.05. The number of para-hydroxylation sites is 1. The Morgan fingerprint density at radius 3 is 2.59 bits per heavy atom. The maximum absolute atomic E-state index is 12.6. The summed E-state index contributed by atoms with van der Waals surface area (Å²) in [6, 6.07) is 11.8. The minimum Gasteiger partial charge on any atom is -0.497 e. The molecule has 0 spiro atoms. The third-order valence-corrected chi connectivity index (χ3v) is 3.90. The summed E-state index contributed by atoms with van der Waals surface area (Å²) in [6.45, 7) is 3.77. The van der Waals surface area contributed by atoms with Crippen molar-refractivity contribution in [2.24, 2.45) is 0 Å². The van der Waals surface area contributed by atoms with Crippen molar-refractivity contribution in [1.82, 2.24) is 5.32 Å². The van der Waals surface area contributed by atoms with E-state index in [1.807, 2.05) is 31.2 Å². The molecule has 4 N–H and O–H groups in total. The summed E-state index contributed by atoms with van der Waals surface area (Å²) in [5.74, 6) is 0.687. The fraction of sp³-hybridized carbons (Fsp3) is 0.300. The van der Waals surface area contributed by atoms with Crippen LogP contribution in [0.1, 0.15) is 31.9 Å². The van der Waals surface area contributed by atoms with Gasteiger partial charge >= 0.3 is 0 Å². The molecule has 0 aromatic heterocycles. The number of carbonyl (C=O) groups is 2. The van der Waals surface area contributed by atoms with Gasteiger partial charge in [-0.25, -0.2) is 0 Å². The van der Waals surface area contributed by atoms with Gasteiger partial charge in [0, 0.05) is 18.6 Å². The van der Waals surface area contributed by atoms with Crippen molar-refractivity contribution in [2.75, 3.05) is 24.8 Å². The van der Waals surface area contributed by atoms with E-state index in [0.717, 1.165) is 5.56 Å². The van der Waals surface area contributed by atoms with Gasteiger partial charge in [0.2, 0.25) is 11.8 Å². The predicted octanol–water partition coefficient (Wildman–Crippen LogP) is 2.88. The number of hydrogen-bond donors (Lipinski definition) is 3. The molecule has 0 saturated heterocycles. The van der Waals surface area contributed by atoms with Gasteiger partial charge in [0.05, 0.1) is 37.6 Å². The third kappa shape index (κ3) is 5.64. The van der Waals surface area contributed by atoms with Crippen LogP contribution in [-0.2, 0) is 9.59 Å². The van der Waals surface area contributed by atoms with E-state index < -0.39 is 6.04 Å². The van der Waals surface area contributed by atoms with Crippen molar-refractivity contribution in [2.45, 2.75) is 26.3 Å². The zero-order valence-corrected chi connectivity index (χ0v) is 15.7. The largest absolute Gasteiger partial charge is 0.497 e. The summed E-state index contributed by atoms with van der Waals surface area (Å²) in [7, 11) is 1.54. The number of nitrogen functional groups attached to an aromatic ring is 1. The maximum Gasteiger partial charge on any atom is 0.226 e. The summed E-state index contributed by atoms with van der Waals surface area (Å²) in [4.78, 5) is 24.3. The Morgan fingerprint density at radius 1 is 1.19 bits per heavy atom. The van der Waals surface area contributed by atoms with Crippen LogP contribution in [0, 0.1) is 0 Å². The molecule has 0 radical (unpaired) electrons. The Morgan fingerprint density at radius 2 is 1.93 bits per heavy atom. The molecule has 144 valence electrons. The van der Waals surface area contributed by atoms with Crippen molar-refractivity contribution in [1.29, 1.82) is 0 Å². The van der Waals surface area contributed by atoms with Crippen molar-refractivity contribution in [3.8, 4) is 11.5 Å². The normalized spacial score (nSPS) is 11.4. The number of ether oxygens (including phenoxy) is 2. The molecular formula is C20H25N3O4. The van der Waals surface area contributed by atoms with Crippen molar-refractivity contribution in [3.05, 3.63) is 48.0 Å². The van der Waals surface area contributed by atoms with E-state index in [1.54, 1.807) is 18.2 Å². The standard InChI is InChI=1S/C20H25N3O4/c1-4-27-19-8-6-5-7-15(19)17(22-13(2)24)12-20(25)23-18-11-14(26-3)9-10-16(18)21/h5-11,17H,4,12,21H2,1-3H3,(H,22,24)(H,23,25). The van der Waals surface area contributed by atoms with Crippen molar-refractivity contribution < 1.29 is 19.1 Å². The second kappa shape index (κ2) is 9.47. The number of rotatable bonds is 8. The van der Waals surface area contributed by atoms with E-state index in [-0.39, 0.29) is 18.2 Å². The number of carbonyl (C=O) groups excluding carboxylic acids is 2. The third-order valence-electron chi connectivity index (χ3n) is 3.90. The van der Waals surface area contributed by atoms with Gasteiger partial charge < -0.3 is 25.8 Å². The smallest absolute Gasteiger partial charge is 0.226 e. The number of amides is 2. The minimum atomic E-state index is -0.530. The fourth-order valence-corrected chi connectivity index (χ4v) is 2.70. The van der Waals surface area contributed by atoms with Crippen LogP contribution in [0.5, 0.6) is 11.5 Å². The summed E-state index contributed by atoms with van der Waals surface area (Å²) >= 11 is 0. The van der Waals surface area contributed by atoms with E-state index >= 15 is 0 Å². The van der Waals surface area contributed by atoms with Crippen LogP contribution in [0.2, 0.25) is 0 Å². The summed E-state index contributed by atoms with van der Waals surface area (Å²) in [5, 5.41) is 5.59. The number of benzene rings is 2. The van der Waals surface area contributed by atoms with Crippen LogP contribution in [0.25, 0.3) is 0 Å². The van der Waals surface area contributed by atoms with Crippen LogP contribution in [0.4, 0.5) is 11.4 Å². The first-order valence-electron chi connectivity index (χ1n) is 8.66. The second-order valence-corrected chi connectivity index (χ2v) is 5.93. The van der Waals surface area contributed by atoms with Gasteiger partial charge in [-0.15, -0.1) is 0 Å². The fourth-order valence-electron chi connectivity index (χ4n) is 2.70. The highest BCUT2D eigenvalue weighted by Gasteiger charge is 2.21. The first-order chi connectivity index (χ1) is 12.9. The van der Waals surface area contributed by atoms with Crippen molar-refractivity contribution in [3.63, 3.8) is 0 Å². The molecule has 7 nitrogen and oxygen atoms in total. The zero-order valence-electron chi connectivity index (χ0n) is 15.7. The Bertz CT molecular complexity index is 808. The van der Waals surface area contributed by atoms with E-state index in [4.69, 9.17) is 15.2 Å². The maximum atomic E-state index is 12.6. The molecule has 0 aliphatic carbocycles. The molecule has 2 amide bonds. The SMILES string of the molecule is CCOc1ccccc1C(CC(=O)Nc1cc(OC)ccc1N)NC(C)=O. The molecule has 2 rings (SSSR count). The quantitative estimate of drug-likeness (QED) is 0.619. The highest BCUT2D eigenvalue weighted by Crippen LogP contribution is 2.29. The highest BCUT2D eigenvalue weighted by molar-refractivity contribution is 5.94. The van der Waals surface area contributed by atoms with Crippen LogP contribution < -0.4 is 25.8 Å². The van der Waals surface area contributed by atoms with Gasteiger partial charge in [-0.2, -0.15) is 0 Å². The van der Waals surface area contributed by atoms with Gasteiger partial charge in [-0.05, 0) is 25.1 Å². The van der Waals surface area contributed by atoms with Gasteiger partial charge in [0.1, 0.15) is 11.5 Å². The lowest BCUT2D eigenvalue weighted by molar-refractivity contribution is -0.120. The average molecular weight is 371 g/mol. The van der Waals surface area contributed by atoms with E-state index in [0.29, 0.717) is 29.5 Å². The van der Waals surface area contributed by atoms with Crippen LogP contribution >= 0.6 is 0 Å². The Balaban J connectivity index is 2.21. The zero-order chi connectivity index (χ0) is 19.8. The topological polar surface area (TPSA) is 103 Å². The molecule has 1 atom stereocenters. The van der Waals surface area contributed by atoms with Gasteiger partial charge in [0.25, 0.3) is 0 Å². The second-order valence-electron chi connectivity index (χ2n) is 5.93. The molecule has 2 aromatic carbocycles. The van der Waals surface area contributed by atoms with E-state index in [2.05, 4.69) is 10.6 Å². The molecule has 7 heteroatoms. The molecule has 1 unspecified atom stereocenters. The first kappa shape index (κ1) is 20.1. The molecular weight excluding hydrogens is 346 g/mol. The molecule has 0 aliphatic rings. The lowest BCUT2D eigenvalue weighted by atomic mass is 10.0. The molecule has 27 heavy (non-hydrogen) atoms. The average Bonchev–Trinajstić information content (AvgIpc) is 2.63. The lowest BCUT2D eigenvalue weighted by Gasteiger charge is -2.21. The molecule has 0 heterocycles. The van der Waals surface area contributed by atoms with Gasteiger partial charge in [-0.3, -0.25) is 9.59 Å². The lowest BCUT2D eigenvalue weighted by Crippen LogP contribution is -2.30. The Hall–Kier alpha value is -3.22. The molecule has 2 aromatic rings. The molecule has 0 saturated carbocycles. The molecule has 0 bridgehead atoms. The number of nitrogens with one attached hydrogen (secondary N) is 2. The van der Waals surface area contributed by atoms with Gasteiger partial charge in [0.15, 0.2) is 0 Å². The van der Waals surface area contributed by atoms with Crippen LogP contribution in [-0.4, -0.2) is 25.5 Å². The number of anilines is 2. The van der Waals surface area contributed by atoms with Crippen molar-refractivity contribution >= 4 is 23.2 Å².